The molecule has 0 aromatic heterocycles. The number of nitrogens with two attached hydrogens (primary N) is 1. The van der Waals surface area contributed by atoms with Crippen molar-refractivity contribution in [2.24, 2.45) is 11.7 Å². The SMILES string of the molecule is CCCC1CCCN(CCC(=O)NC(N)=O)CC1. The van der Waals surface area contributed by atoms with Crippen LogP contribution in [0.15, 0.2) is 0 Å². The quantitative estimate of drug-likeness (QED) is 0.781. The maximum absolute atomic E-state index is 11.3. The van der Waals surface area contributed by atoms with E-state index in [0.29, 0.717) is 6.42 Å². The molecule has 1 atom stereocenters. The number of carbonyl (C=O) groups is 2. The molecule has 1 fully saturated rings. The van der Waals surface area contributed by atoms with E-state index < -0.39 is 6.03 Å². The van der Waals surface area contributed by atoms with Crippen LogP contribution in [-0.2, 0) is 4.79 Å². The lowest BCUT2D eigenvalue weighted by atomic mass is 9.96. The molecule has 0 aromatic rings. The van der Waals surface area contributed by atoms with Gasteiger partial charge >= 0.3 is 6.03 Å². The maximum Gasteiger partial charge on any atom is 0.318 e. The molecule has 0 radical (unpaired) electrons. The van der Waals surface area contributed by atoms with Gasteiger partial charge in [-0.25, -0.2) is 4.79 Å². The number of urea groups is 1. The fourth-order valence-electron chi connectivity index (χ4n) is 2.60. The van der Waals surface area contributed by atoms with E-state index in [1.807, 2.05) is 0 Å². The molecular weight excluding hydrogens is 230 g/mol. The Morgan fingerprint density at radius 2 is 2.11 bits per heavy atom. The molecule has 0 bridgehead atoms. The Labute approximate surface area is 109 Å². The van der Waals surface area contributed by atoms with Crippen molar-refractivity contribution in [1.82, 2.24) is 10.2 Å². The minimum absolute atomic E-state index is 0.281. The van der Waals surface area contributed by atoms with E-state index in [1.165, 1.54) is 32.1 Å². The van der Waals surface area contributed by atoms with Crippen LogP contribution >= 0.6 is 0 Å². The molecule has 1 unspecified atom stereocenters. The van der Waals surface area contributed by atoms with Gasteiger partial charge in [-0.05, 0) is 38.3 Å². The van der Waals surface area contributed by atoms with Crippen LogP contribution in [0.3, 0.4) is 0 Å². The zero-order chi connectivity index (χ0) is 13.4. The lowest BCUT2D eigenvalue weighted by Crippen LogP contribution is -2.37. The topological polar surface area (TPSA) is 75.4 Å². The first-order valence-corrected chi connectivity index (χ1v) is 6.93. The highest BCUT2D eigenvalue weighted by molar-refractivity contribution is 5.93. The first kappa shape index (κ1) is 15.0. The van der Waals surface area contributed by atoms with E-state index in [2.05, 4.69) is 17.1 Å². The third-order valence-electron chi connectivity index (χ3n) is 3.55. The summed E-state index contributed by atoms with van der Waals surface area (Å²) in [6, 6.07) is -0.765. The van der Waals surface area contributed by atoms with Gasteiger partial charge in [0.2, 0.25) is 5.91 Å². The van der Waals surface area contributed by atoms with Crippen molar-refractivity contribution < 1.29 is 9.59 Å². The Morgan fingerprint density at radius 3 is 2.78 bits per heavy atom. The van der Waals surface area contributed by atoms with Crippen LogP contribution in [0.25, 0.3) is 0 Å². The Balaban J connectivity index is 2.23. The molecule has 5 nitrogen and oxygen atoms in total. The fraction of sp³-hybridized carbons (Fsp3) is 0.846. The Morgan fingerprint density at radius 1 is 1.33 bits per heavy atom. The van der Waals surface area contributed by atoms with Crippen LogP contribution in [0.5, 0.6) is 0 Å². The lowest BCUT2D eigenvalue weighted by molar-refractivity contribution is -0.120. The second-order valence-electron chi connectivity index (χ2n) is 5.09. The van der Waals surface area contributed by atoms with Crippen LogP contribution < -0.4 is 11.1 Å². The molecule has 104 valence electrons. The summed E-state index contributed by atoms with van der Waals surface area (Å²) in [6.07, 6.45) is 6.66. The molecule has 5 heteroatoms. The van der Waals surface area contributed by atoms with Crippen LogP contribution in [0.2, 0.25) is 0 Å². The van der Waals surface area contributed by atoms with Crippen molar-refractivity contribution >= 4 is 11.9 Å². The van der Waals surface area contributed by atoms with Gasteiger partial charge in [0, 0.05) is 13.0 Å². The van der Waals surface area contributed by atoms with E-state index in [0.717, 1.165) is 25.6 Å². The lowest BCUT2D eigenvalue weighted by Gasteiger charge is -2.19. The largest absolute Gasteiger partial charge is 0.351 e. The molecule has 1 aliphatic heterocycles. The van der Waals surface area contributed by atoms with Gasteiger partial charge in [-0.3, -0.25) is 10.1 Å². The first-order chi connectivity index (χ1) is 8.61. The summed E-state index contributed by atoms with van der Waals surface area (Å²) < 4.78 is 0. The zero-order valence-corrected chi connectivity index (χ0v) is 11.3. The number of nitrogens with one attached hydrogen (secondary N) is 1. The molecular formula is C13H25N3O2. The molecule has 0 aromatic carbocycles. The van der Waals surface area contributed by atoms with E-state index >= 15 is 0 Å². The van der Waals surface area contributed by atoms with Crippen LogP contribution in [0.1, 0.15) is 45.4 Å². The minimum Gasteiger partial charge on any atom is -0.351 e. The summed E-state index contributed by atoms with van der Waals surface area (Å²) in [6.45, 7) is 5.08. The highest BCUT2D eigenvalue weighted by atomic mass is 16.2. The van der Waals surface area contributed by atoms with Crippen molar-refractivity contribution in [2.45, 2.75) is 45.4 Å². The monoisotopic (exact) mass is 255 g/mol. The average molecular weight is 255 g/mol. The summed E-state index contributed by atoms with van der Waals surface area (Å²) >= 11 is 0. The van der Waals surface area contributed by atoms with Gasteiger partial charge in [0.15, 0.2) is 0 Å². The Hall–Kier alpha value is -1.10. The normalized spacial score (nSPS) is 21.3. The van der Waals surface area contributed by atoms with Crippen molar-refractivity contribution in [3.8, 4) is 0 Å². The fourth-order valence-corrected chi connectivity index (χ4v) is 2.60. The third kappa shape index (κ3) is 6.00. The smallest absolute Gasteiger partial charge is 0.318 e. The molecule has 3 N–H and O–H groups in total. The highest BCUT2D eigenvalue weighted by Gasteiger charge is 2.17. The van der Waals surface area contributed by atoms with Crippen molar-refractivity contribution in [2.75, 3.05) is 19.6 Å². The van der Waals surface area contributed by atoms with Gasteiger partial charge < -0.3 is 10.6 Å². The van der Waals surface area contributed by atoms with Gasteiger partial charge in [-0.2, -0.15) is 0 Å². The molecule has 3 amide bonds. The molecule has 1 heterocycles. The maximum atomic E-state index is 11.3. The third-order valence-corrected chi connectivity index (χ3v) is 3.55. The summed E-state index contributed by atoms with van der Waals surface area (Å²) in [5, 5.41) is 2.10. The number of primary amides is 1. The van der Waals surface area contributed by atoms with Crippen molar-refractivity contribution in [3.63, 3.8) is 0 Å². The summed E-state index contributed by atoms with van der Waals surface area (Å²) in [5.41, 5.74) is 4.89. The second-order valence-corrected chi connectivity index (χ2v) is 5.09. The number of imide groups is 1. The van der Waals surface area contributed by atoms with Crippen LogP contribution in [0.4, 0.5) is 4.79 Å². The van der Waals surface area contributed by atoms with E-state index in [-0.39, 0.29) is 5.91 Å². The standard InChI is InChI=1S/C13H25N3O2/c1-2-4-11-5-3-8-16(9-6-11)10-7-12(17)15-13(14)18/h11H,2-10H2,1H3,(H3,14,15,17,18). The molecule has 1 rings (SSSR count). The number of likely N-dealkylation sites (tertiary alicyclic amines) is 1. The molecule has 0 spiro atoms. The van der Waals surface area contributed by atoms with E-state index in [4.69, 9.17) is 5.73 Å². The Bertz CT molecular complexity index is 281. The molecule has 0 aliphatic carbocycles. The van der Waals surface area contributed by atoms with Gasteiger partial charge in [0.25, 0.3) is 0 Å². The number of carbonyl (C=O) groups excluding carboxylic acids is 2. The predicted molar refractivity (Wildman–Crippen MR) is 71.0 cm³/mol. The molecule has 0 saturated carbocycles. The van der Waals surface area contributed by atoms with E-state index in [1.54, 1.807) is 0 Å². The van der Waals surface area contributed by atoms with E-state index in [9.17, 15) is 9.59 Å². The number of amides is 3. The Kier molecular flexibility index (Phi) is 6.72. The zero-order valence-electron chi connectivity index (χ0n) is 11.3. The van der Waals surface area contributed by atoms with Crippen LogP contribution in [-0.4, -0.2) is 36.5 Å². The summed E-state index contributed by atoms with van der Waals surface area (Å²) in [4.78, 5) is 24.1. The van der Waals surface area contributed by atoms with Gasteiger partial charge in [0.1, 0.15) is 0 Å². The molecule has 18 heavy (non-hydrogen) atoms. The highest BCUT2D eigenvalue weighted by Crippen LogP contribution is 2.21. The number of hydrogen-bond acceptors (Lipinski definition) is 3. The number of hydrogen-bond donors (Lipinski definition) is 2. The summed E-state index contributed by atoms with van der Waals surface area (Å²) in [7, 11) is 0. The van der Waals surface area contributed by atoms with Gasteiger partial charge in [-0.1, -0.05) is 19.8 Å². The van der Waals surface area contributed by atoms with Crippen molar-refractivity contribution in [3.05, 3.63) is 0 Å². The number of nitrogens with zero attached hydrogens (tertiary/aromatic N) is 1. The molecule has 1 aliphatic rings. The average Bonchev–Trinajstić information content (AvgIpc) is 2.52. The first-order valence-electron chi connectivity index (χ1n) is 6.93. The van der Waals surface area contributed by atoms with Gasteiger partial charge in [0.05, 0.1) is 0 Å². The second kappa shape index (κ2) is 8.08. The minimum atomic E-state index is -0.765. The number of rotatable bonds is 5. The molecule has 1 saturated heterocycles. The summed E-state index contributed by atoms with van der Waals surface area (Å²) in [5.74, 6) is 0.566. The van der Waals surface area contributed by atoms with Crippen molar-refractivity contribution in [1.29, 1.82) is 0 Å². The van der Waals surface area contributed by atoms with Gasteiger partial charge in [-0.15, -0.1) is 0 Å². The predicted octanol–water partition coefficient (Wildman–Crippen LogP) is 1.47. The van der Waals surface area contributed by atoms with Crippen LogP contribution in [0, 0.1) is 5.92 Å².